The maximum Gasteiger partial charge on any atom is 0.331 e. The van der Waals surface area contributed by atoms with Crippen molar-refractivity contribution in [3.05, 3.63) is 71.3 Å². The van der Waals surface area contributed by atoms with Gasteiger partial charge in [-0.2, -0.15) is 0 Å². The van der Waals surface area contributed by atoms with Crippen LogP contribution < -0.4 is 5.32 Å². The number of aliphatic carboxylic acids is 2. The monoisotopic (exact) mass is 410 g/mol. The van der Waals surface area contributed by atoms with E-state index < -0.39 is 36.0 Å². The third kappa shape index (κ3) is 4.86. The molecule has 7 nitrogen and oxygen atoms in total. The summed E-state index contributed by atoms with van der Waals surface area (Å²) in [5.74, 6) is -2.55. The van der Waals surface area contributed by atoms with E-state index in [4.69, 9.17) is 0 Å². The van der Waals surface area contributed by atoms with Gasteiger partial charge in [-0.25, -0.2) is 4.79 Å². The first-order valence-corrected chi connectivity index (χ1v) is 10.0. The van der Waals surface area contributed by atoms with Gasteiger partial charge >= 0.3 is 11.9 Å². The number of hydrogen-bond donors (Lipinski definition) is 3. The second-order valence-corrected chi connectivity index (χ2v) is 7.52. The average molecular weight is 410 g/mol. The van der Waals surface area contributed by atoms with E-state index in [9.17, 15) is 24.6 Å². The highest BCUT2D eigenvalue weighted by molar-refractivity contribution is 5.88. The van der Waals surface area contributed by atoms with Crippen molar-refractivity contribution in [1.82, 2.24) is 10.2 Å². The Labute approximate surface area is 175 Å². The van der Waals surface area contributed by atoms with Gasteiger partial charge in [0.05, 0.1) is 6.04 Å². The fourth-order valence-electron chi connectivity index (χ4n) is 3.93. The zero-order valence-electron chi connectivity index (χ0n) is 16.8. The quantitative estimate of drug-likeness (QED) is 0.616. The molecular formula is C23H26N2O5. The predicted molar refractivity (Wildman–Crippen MR) is 111 cm³/mol. The molecule has 0 aromatic heterocycles. The van der Waals surface area contributed by atoms with Gasteiger partial charge in [0.1, 0.15) is 6.04 Å². The number of nitrogens with one attached hydrogen (secondary N) is 1. The van der Waals surface area contributed by atoms with Gasteiger partial charge in [0.25, 0.3) is 0 Å². The Hall–Kier alpha value is -3.19. The zero-order chi connectivity index (χ0) is 21.7. The topological polar surface area (TPSA) is 107 Å². The molecule has 1 aliphatic heterocycles. The number of carboxylic acid groups (broad SMARTS) is 2. The first-order valence-electron chi connectivity index (χ1n) is 10.0. The Morgan fingerprint density at radius 2 is 1.73 bits per heavy atom. The second kappa shape index (κ2) is 9.54. The molecule has 2 aromatic rings. The first kappa shape index (κ1) is 21.5. The molecule has 0 bridgehead atoms. The SMILES string of the molecule is CC(NC(CCc1ccccc1)C(=O)O)C(=O)N1CCc2ccccc2C1C(=O)O. The Morgan fingerprint density at radius 3 is 2.40 bits per heavy atom. The molecule has 158 valence electrons. The summed E-state index contributed by atoms with van der Waals surface area (Å²) in [6.07, 6.45) is 1.44. The maximum atomic E-state index is 13.1. The predicted octanol–water partition coefficient (Wildman–Crippen LogP) is 2.26. The molecule has 3 atom stereocenters. The summed E-state index contributed by atoms with van der Waals surface area (Å²) in [5, 5.41) is 22.2. The molecule has 0 saturated heterocycles. The number of benzene rings is 2. The van der Waals surface area contributed by atoms with Crippen molar-refractivity contribution >= 4 is 17.8 Å². The van der Waals surface area contributed by atoms with Gasteiger partial charge in [-0.3, -0.25) is 14.9 Å². The Bertz CT molecular complexity index is 915. The van der Waals surface area contributed by atoms with Crippen molar-refractivity contribution in [1.29, 1.82) is 0 Å². The summed E-state index contributed by atoms with van der Waals surface area (Å²) in [6.45, 7) is 1.86. The summed E-state index contributed by atoms with van der Waals surface area (Å²) in [6, 6.07) is 13.9. The number of aryl methyl sites for hydroxylation is 1. The second-order valence-electron chi connectivity index (χ2n) is 7.52. The van der Waals surface area contributed by atoms with Crippen LogP contribution in [0.5, 0.6) is 0 Å². The summed E-state index contributed by atoms with van der Waals surface area (Å²) in [4.78, 5) is 38.0. The van der Waals surface area contributed by atoms with E-state index in [0.29, 0.717) is 24.8 Å². The molecule has 1 amide bonds. The summed E-state index contributed by atoms with van der Waals surface area (Å²) >= 11 is 0. The fourth-order valence-corrected chi connectivity index (χ4v) is 3.93. The standard InChI is InChI=1S/C23H26N2O5/c1-15(24-19(22(27)28)12-11-16-7-3-2-4-8-16)21(26)25-14-13-17-9-5-6-10-18(17)20(25)23(29)30/h2-10,15,19-20,24H,11-14H2,1H3,(H,27,28)(H,29,30). The minimum atomic E-state index is -1.10. The average Bonchev–Trinajstić information content (AvgIpc) is 2.75. The van der Waals surface area contributed by atoms with Crippen molar-refractivity contribution in [3.63, 3.8) is 0 Å². The number of rotatable bonds is 8. The van der Waals surface area contributed by atoms with Crippen LogP contribution in [0, 0.1) is 0 Å². The zero-order valence-corrected chi connectivity index (χ0v) is 16.8. The van der Waals surface area contributed by atoms with Crippen LogP contribution in [0.2, 0.25) is 0 Å². The van der Waals surface area contributed by atoms with Crippen LogP contribution in [0.1, 0.15) is 36.1 Å². The van der Waals surface area contributed by atoms with E-state index in [1.165, 1.54) is 4.90 Å². The van der Waals surface area contributed by atoms with E-state index in [1.54, 1.807) is 19.1 Å². The highest BCUT2D eigenvalue weighted by atomic mass is 16.4. The number of nitrogens with zero attached hydrogens (tertiary/aromatic N) is 1. The van der Waals surface area contributed by atoms with Crippen LogP contribution in [0.25, 0.3) is 0 Å². The van der Waals surface area contributed by atoms with E-state index in [-0.39, 0.29) is 6.54 Å². The maximum absolute atomic E-state index is 13.1. The number of amides is 1. The lowest BCUT2D eigenvalue weighted by atomic mass is 9.92. The van der Waals surface area contributed by atoms with Crippen LogP contribution in [0.15, 0.2) is 54.6 Å². The van der Waals surface area contributed by atoms with Crippen LogP contribution in [-0.4, -0.2) is 51.6 Å². The number of carboxylic acids is 2. The van der Waals surface area contributed by atoms with Crippen LogP contribution in [-0.2, 0) is 27.2 Å². The minimum Gasteiger partial charge on any atom is -0.480 e. The first-order chi connectivity index (χ1) is 14.4. The third-order valence-electron chi connectivity index (χ3n) is 5.48. The molecule has 3 N–H and O–H groups in total. The molecule has 3 rings (SSSR count). The highest BCUT2D eigenvalue weighted by Gasteiger charge is 2.38. The Kier molecular flexibility index (Phi) is 6.84. The summed E-state index contributed by atoms with van der Waals surface area (Å²) < 4.78 is 0. The summed E-state index contributed by atoms with van der Waals surface area (Å²) in [5.41, 5.74) is 2.54. The molecule has 0 fully saturated rings. The third-order valence-corrected chi connectivity index (χ3v) is 5.48. The lowest BCUT2D eigenvalue weighted by Gasteiger charge is -2.36. The van der Waals surface area contributed by atoms with Crippen molar-refractivity contribution < 1.29 is 24.6 Å². The lowest BCUT2D eigenvalue weighted by Crippen LogP contribution is -2.54. The number of carbonyl (C=O) groups is 3. The van der Waals surface area contributed by atoms with Gasteiger partial charge in [-0.1, -0.05) is 54.6 Å². The van der Waals surface area contributed by atoms with Gasteiger partial charge in [-0.15, -0.1) is 0 Å². The molecule has 0 saturated carbocycles. The number of fused-ring (bicyclic) bond motifs is 1. The fraction of sp³-hybridized carbons (Fsp3) is 0.348. The van der Waals surface area contributed by atoms with Crippen LogP contribution in [0.4, 0.5) is 0 Å². The summed E-state index contributed by atoms with van der Waals surface area (Å²) in [7, 11) is 0. The van der Waals surface area contributed by atoms with E-state index in [1.807, 2.05) is 42.5 Å². The minimum absolute atomic E-state index is 0.278. The van der Waals surface area contributed by atoms with Crippen molar-refractivity contribution in [3.8, 4) is 0 Å². The number of carbonyl (C=O) groups excluding carboxylic acids is 1. The molecule has 1 heterocycles. The van der Waals surface area contributed by atoms with E-state index in [0.717, 1.165) is 11.1 Å². The molecule has 2 aromatic carbocycles. The van der Waals surface area contributed by atoms with E-state index >= 15 is 0 Å². The Balaban J connectivity index is 1.70. The van der Waals surface area contributed by atoms with Gasteiger partial charge in [0.15, 0.2) is 6.04 Å². The van der Waals surface area contributed by atoms with Crippen molar-refractivity contribution in [2.75, 3.05) is 6.54 Å². The van der Waals surface area contributed by atoms with Crippen molar-refractivity contribution in [2.24, 2.45) is 0 Å². The molecule has 0 spiro atoms. The molecule has 1 aliphatic rings. The van der Waals surface area contributed by atoms with E-state index in [2.05, 4.69) is 5.32 Å². The molecule has 3 unspecified atom stereocenters. The molecule has 0 aliphatic carbocycles. The van der Waals surface area contributed by atoms with Gasteiger partial charge < -0.3 is 15.1 Å². The number of hydrogen-bond acceptors (Lipinski definition) is 4. The van der Waals surface area contributed by atoms with Gasteiger partial charge in [0.2, 0.25) is 5.91 Å². The highest BCUT2D eigenvalue weighted by Crippen LogP contribution is 2.30. The molecular weight excluding hydrogens is 384 g/mol. The van der Waals surface area contributed by atoms with Gasteiger partial charge in [-0.05, 0) is 42.9 Å². The normalized spacial score (nSPS) is 17.6. The largest absolute Gasteiger partial charge is 0.480 e. The van der Waals surface area contributed by atoms with Gasteiger partial charge in [0, 0.05) is 6.54 Å². The smallest absolute Gasteiger partial charge is 0.331 e. The lowest BCUT2D eigenvalue weighted by molar-refractivity contribution is -0.152. The van der Waals surface area contributed by atoms with Crippen LogP contribution in [0.3, 0.4) is 0 Å². The molecule has 7 heteroatoms. The molecule has 0 radical (unpaired) electrons. The molecule has 30 heavy (non-hydrogen) atoms. The van der Waals surface area contributed by atoms with Crippen LogP contribution >= 0.6 is 0 Å². The Morgan fingerprint density at radius 1 is 1.07 bits per heavy atom. The van der Waals surface area contributed by atoms with Crippen molar-refractivity contribution in [2.45, 2.75) is 44.3 Å².